The van der Waals surface area contributed by atoms with Crippen molar-refractivity contribution in [1.29, 1.82) is 5.26 Å². The molecule has 1 fully saturated rings. The van der Waals surface area contributed by atoms with Crippen molar-refractivity contribution < 1.29 is 5.21 Å². The molecule has 84 valence electrons. The highest BCUT2D eigenvalue weighted by atomic mass is 16.4. The van der Waals surface area contributed by atoms with Crippen LogP contribution >= 0.6 is 0 Å². The molecule has 3 rings (SSSR count). The molecular formula is C13H16N2O. The molecule has 3 N–H and O–H groups in total. The average molecular weight is 216 g/mol. The van der Waals surface area contributed by atoms with Crippen LogP contribution < -0.4 is 5.90 Å². The number of hydrogen-bond donors (Lipinski definition) is 2. The first-order valence-electron chi connectivity index (χ1n) is 5.63. The summed E-state index contributed by atoms with van der Waals surface area (Å²) in [5, 5.41) is 15.9. The Kier molecular flexibility index (Phi) is 2.95. The van der Waals surface area contributed by atoms with E-state index in [2.05, 4.69) is 30.2 Å². The zero-order valence-electron chi connectivity index (χ0n) is 9.24. The molecule has 2 bridgehead atoms. The first-order chi connectivity index (χ1) is 7.84. The van der Waals surface area contributed by atoms with Crippen LogP contribution in [0.3, 0.4) is 0 Å². The van der Waals surface area contributed by atoms with E-state index < -0.39 is 0 Å². The normalized spacial score (nSPS) is 23.9. The Labute approximate surface area is 95.5 Å². The molecule has 0 unspecified atom stereocenters. The van der Waals surface area contributed by atoms with Crippen molar-refractivity contribution in [3.05, 3.63) is 34.9 Å². The lowest BCUT2D eigenvalue weighted by Crippen LogP contribution is -2.16. The fourth-order valence-electron chi connectivity index (χ4n) is 2.97. The van der Waals surface area contributed by atoms with E-state index in [-0.39, 0.29) is 5.41 Å². The highest BCUT2D eigenvalue weighted by Crippen LogP contribution is 2.50. The quantitative estimate of drug-likeness (QED) is 0.662. The molecule has 3 aliphatic carbocycles. The second-order valence-electron chi connectivity index (χ2n) is 4.57. The third-order valence-electron chi connectivity index (χ3n) is 3.76. The van der Waals surface area contributed by atoms with Crippen molar-refractivity contribution in [2.45, 2.75) is 32.1 Å². The molecular weight excluding hydrogens is 200 g/mol. The molecule has 0 saturated heterocycles. The van der Waals surface area contributed by atoms with E-state index >= 15 is 0 Å². The summed E-state index contributed by atoms with van der Waals surface area (Å²) in [4.78, 5) is 0. The molecule has 0 amide bonds. The molecule has 3 nitrogen and oxygen atoms in total. The highest BCUT2D eigenvalue weighted by Gasteiger charge is 2.40. The molecule has 0 radical (unpaired) electrons. The SMILES string of the molecule is N#CC1(C2=C3C=CC(=C2)C3)CCCC1.NO. The van der Waals surface area contributed by atoms with Gasteiger partial charge in [-0.3, -0.25) is 0 Å². The summed E-state index contributed by atoms with van der Waals surface area (Å²) in [7, 11) is 0. The number of hydrogen-bond acceptors (Lipinski definition) is 3. The van der Waals surface area contributed by atoms with Gasteiger partial charge >= 0.3 is 0 Å². The summed E-state index contributed by atoms with van der Waals surface area (Å²) in [6.07, 6.45) is 12.3. The van der Waals surface area contributed by atoms with Gasteiger partial charge in [0.05, 0.1) is 11.5 Å². The minimum Gasteiger partial charge on any atom is -0.320 e. The van der Waals surface area contributed by atoms with Crippen molar-refractivity contribution in [2.24, 2.45) is 11.3 Å². The summed E-state index contributed by atoms with van der Waals surface area (Å²) in [5.74, 6) is 3.50. The molecule has 16 heavy (non-hydrogen) atoms. The Morgan fingerprint density at radius 2 is 1.94 bits per heavy atom. The first-order valence-corrected chi connectivity index (χ1v) is 5.63. The van der Waals surface area contributed by atoms with Crippen LogP contribution in [-0.2, 0) is 0 Å². The van der Waals surface area contributed by atoms with Gasteiger partial charge in [0.1, 0.15) is 0 Å². The van der Waals surface area contributed by atoms with E-state index in [1.165, 1.54) is 29.6 Å². The summed E-state index contributed by atoms with van der Waals surface area (Å²) in [5.41, 5.74) is 4.02. The number of rotatable bonds is 1. The van der Waals surface area contributed by atoms with E-state index in [0.717, 1.165) is 19.3 Å². The van der Waals surface area contributed by atoms with Crippen LogP contribution in [0.2, 0.25) is 0 Å². The van der Waals surface area contributed by atoms with Crippen molar-refractivity contribution in [1.82, 2.24) is 0 Å². The Morgan fingerprint density at radius 3 is 2.38 bits per heavy atom. The Balaban J connectivity index is 0.000000457. The molecule has 0 spiro atoms. The van der Waals surface area contributed by atoms with Crippen LogP contribution in [0.4, 0.5) is 0 Å². The van der Waals surface area contributed by atoms with Gasteiger partial charge in [0.15, 0.2) is 0 Å². The number of nitrogens with zero attached hydrogens (tertiary/aromatic N) is 1. The van der Waals surface area contributed by atoms with Crippen LogP contribution in [0.1, 0.15) is 32.1 Å². The minimum atomic E-state index is -0.123. The number of allylic oxidation sites excluding steroid dienone is 6. The second kappa shape index (κ2) is 4.25. The van der Waals surface area contributed by atoms with Gasteiger partial charge in [0, 0.05) is 0 Å². The zero-order valence-corrected chi connectivity index (χ0v) is 9.24. The fourth-order valence-corrected chi connectivity index (χ4v) is 2.97. The molecule has 0 atom stereocenters. The van der Waals surface area contributed by atoms with Crippen LogP contribution in [0.25, 0.3) is 0 Å². The van der Waals surface area contributed by atoms with Gasteiger partial charge in [-0.25, -0.2) is 5.90 Å². The van der Waals surface area contributed by atoms with E-state index in [0.29, 0.717) is 0 Å². The second-order valence-corrected chi connectivity index (χ2v) is 4.57. The fraction of sp³-hybridized carbons (Fsp3) is 0.462. The van der Waals surface area contributed by atoms with E-state index in [9.17, 15) is 5.26 Å². The third-order valence-corrected chi connectivity index (χ3v) is 3.76. The predicted molar refractivity (Wildman–Crippen MR) is 61.4 cm³/mol. The standard InChI is InChI=1S/C13H13N.H3NO/c14-9-13(5-1-2-6-13)12-8-10-3-4-11(12)7-10;1-2/h3-4,8H,1-2,5-7H2;2H,1H2. The molecule has 0 aromatic rings. The first kappa shape index (κ1) is 11.1. The van der Waals surface area contributed by atoms with Gasteiger partial charge < -0.3 is 5.21 Å². The molecule has 1 saturated carbocycles. The lowest BCUT2D eigenvalue weighted by molar-refractivity contribution is 0.311. The summed E-state index contributed by atoms with van der Waals surface area (Å²) in [6, 6.07) is 2.57. The number of nitrogens with two attached hydrogens (primary N) is 1. The van der Waals surface area contributed by atoms with Gasteiger partial charge in [-0.2, -0.15) is 5.26 Å². The molecule has 0 aliphatic heterocycles. The van der Waals surface area contributed by atoms with Gasteiger partial charge in [-0.15, -0.1) is 0 Å². The maximum Gasteiger partial charge on any atom is 0.0825 e. The molecule has 3 heteroatoms. The molecule has 0 heterocycles. The smallest absolute Gasteiger partial charge is 0.0825 e. The van der Waals surface area contributed by atoms with Gasteiger partial charge in [0.25, 0.3) is 0 Å². The van der Waals surface area contributed by atoms with Crippen LogP contribution in [0.15, 0.2) is 34.9 Å². The third kappa shape index (κ3) is 1.51. The van der Waals surface area contributed by atoms with E-state index in [4.69, 9.17) is 5.21 Å². The largest absolute Gasteiger partial charge is 0.320 e. The maximum absolute atomic E-state index is 9.37. The number of fused-ring (bicyclic) bond motifs is 2. The van der Waals surface area contributed by atoms with E-state index in [1.54, 1.807) is 0 Å². The van der Waals surface area contributed by atoms with Crippen molar-refractivity contribution >= 4 is 0 Å². The topological polar surface area (TPSA) is 70.0 Å². The predicted octanol–water partition coefficient (Wildman–Crippen LogP) is 2.60. The lowest BCUT2D eigenvalue weighted by atomic mass is 9.78. The Morgan fingerprint density at radius 1 is 1.25 bits per heavy atom. The van der Waals surface area contributed by atoms with Crippen LogP contribution in [-0.4, -0.2) is 5.21 Å². The molecule has 3 aliphatic rings. The minimum absolute atomic E-state index is 0.123. The van der Waals surface area contributed by atoms with Crippen molar-refractivity contribution in [3.8, 4) is 6.07 Å². The lowest BCUT2D eigenvalue weighted by Gasteiger charge is -2.22. The van der Waals surface area contributed by atoms with Crippen LogP contribution in [0, 0.1) is 16.7 Å². The molecule has 0 aromatic carbocycles. The average Bonchev–Trinajstić information content (AvgIpc) is 3.07. The van der Waals surface area contributed by atoms with Crippen molar-refractivity contribution in [3.63, 3.8) is 0 Å². The maximum atomic E-state index is 9.37. The van der Waals surface area contributed by atoms with Gasteiger partial charge in [-0.1, -0.05) is 31.1 Å². The van der Waals surface area contributed by atoms with Crippen molar-refractivity contribution in [2.75, 3.05) is 0 Å². The van der Waals surface area contributed by atoms with Crippen LogP contribution in [0.5, 0.6) is 0 Å². The van der Waals surface area contributed by atoms with Gasteiger partial charge in [0.2, 0.25) is 0 Å². The Bertz CT molecular complexity index is 418. The summed E-state index contributed by atoms with van der Waals surface area (Å²) < 4.78 is 0. The van der Waals surface area contributed by atoms with E-state index in [1.807, 2.05) is 0 Å². The summed E-state index contributed by atoms with van der Waals surface area (Å²) in [6.45, 7) is 0. The zero-order chi connectivity index (χ0) is 11.6. The summed E-state index contributed by atoms with van der Waals surface area (Å²) >= 11 is 0. The molecule has 0 aromatic heterocycles. The monoisotopic (exact) mass is 216 g/mol. The Hall–Kier alpha value is -1.37. The number of nitriles is 1. The van der Waals surface area contributed by atoms with Gasteiger partial charge in [-0.05, 0) is 36.0 Å². The highest BCUT2D eigenvalue weighted by molar-refractivity contribution is 5.58.